The molecule has 2 aliphatic rings. The highest BCUT2D eigenvalue weighted by molar-refractivity contribution is 5.99. The minimum Gasteiger partial charge on any atom is -0.454 e. The molecule has 0 unspecified atom stereocenters. The number of methoxy groups -OCH3 is 2. The fraction of sp³-hybridized carbons (Fsp3) is 0.613. The van der Waals surface area contributed by atoms with Crippen molar-refractivity contribution in [3.8, 4) is 0 Å². The molecule has 0 radical (unpaired) electrons. The number of carbonyl (C=O) groups is 2. The van der Waals surface area contributed by atoms with Gasteiger partial charge in [-0.1, -0.05) is 50.3 Å². The van der Waals surface area contributed by atoms with E-state index in [1.54, 1.807) is 65.2 Å². The number of aliphatic hydroxyl groups is 2. The highest BCUT2D eigenvalue weighted by Crippen LogP contribution is 2.33. The Bertz CT molecular complexity index is 989. The van der Waals surface area contributed by atoms with Crippen molar-refractivity contribution in [3.05, 3.63) is 59.3 Å². The molecule has 0 aliphatic carbocycles. The minimum atomic E-state index is -0.760. The van der Waals surface area contributed by atoms with Crippen molar-refractivity contribution in [2.45, 2.75) is 97.1 Å². The van der Waals surface area contributed by atoms with Gasteiger partial charge in [-0.25, -0.2) is 4.79 Å². The summed E-state index contributed by atoms with van der Waals surface area (Å²) in [5, 5.41) is 20.7. The number of ketones is 1. The zero-order valence-corrected chi connectivity index (χ0v) is 24.5. The lowest BCUT2D eigenvalue weighted by Gasteiger charge is -2.27. The van der Waals surface area contributed by atoms with Crippen LogP contribution in [0.25, 0.3) is 0 Å². The van der Waals surface area contributed by atoms with Crippen molar-refractivity contribution in [2.24, 2.45) is 11.8 Å². The largest absolute Gasteiger partial charge is 0.454 e. The van der Waals surface area contributed by atoms with Gasteiger partial charge in [0.25, 0.3) is 0 Å². The van der Waals surface area contributed by atoms with Crippen LogP contribution in [-0.2, 0) is 28.5 Å². The number of carbonyl (C=O) groups excluding carboxylic acids is 2. The van der Waals surface area contributed by atoms with Gasteiger partial charge < -0.3 is 29.2 Å². The standard InChI is InChI=1S/C31H46O8/c1-18-11-9-10-12-24(33)19(2)16-29-28(37-8)17-27(38-29)22(5)25(13-14-26(36-7)23(6)32)39-31(35)21(4)15-20(3)30(18)34/h9-11,13-16,20,22-29,32-33H,12,17H2,1-8H3/b10-9+,14-13+,18-11+,19-16-,21-15+/t20-,22-,23-,24+,25+,26+,27+,28-,29-/m0/s1. The number of Topliss-reactive ketones (excluding diaryl/α,β-unsaturated/α-hetero) is 1. The quantitative estimate of drug-likeness (QED) is 0.393. The van der Waals surface area contributed by atoms with Gasteiger partial charge in [-0.15, -0.1) is 0 Å². The Balaban J connectivity index is 2.50. The summed E-state index contributed by atoms with van der Waals surface area (Å²) in [7, 11) is 3.13. The molecule has 1 fully saturated rings. The molecule has 2 bridgehead atoms. The van der Waals surface area contributed by atoms with E-state index in [9.17, 15) is 19.8 Å². The number of hydrogen-bond donors (Lipinski definition) is 2. The first-order valence-corrected chi connectivity index (χ1v) is 13.6. The fourth-order valence-corrected chi connectivity index (χ4v) is 4.76. The van der Waals surface area contributed by atoms with Crippen LogP contribution in [0.5, 0.6) is 0 Å². The Hall–Kier alpha value is -2.36. The first kappa shape index (κ1) is 32.8. The molecule has 2 heterocycles. The zero-order valence-electron chi connectivity index (χ0n) is 24.5. The maximum atomic E-state index is 13.2. The van der Waals surface area contributed by atoms with Crippen molar-refractivity contribution >= 4 is 11.8 Å². The molecule has 9 atom stereocenters. The number of esters is 1. The molecule has 0 amide bonds. The van der Waals surface area contributed by atoms with E-state index in [0.717, 1.165) is 5.57 Å². The molecule has 218 valence electrons. The third-order valence-corrected chi connectivity index (χ3v) is 7.47. The second-order valence-corrected chi connectivity index (χ2v) is 10.6. The number of fused-ring (bicyclic) bond motifs is 2. The van der Waals surface area contributed by atoms with Crippen LogP contribution in [-0.4, -0.2) is 78.9 Å². The van der Waals surface area contributed by atoms with E-state index in [4.69, 9.17) is 18.9 Å². The summed E-state index contributed by atoms with van der Waals surface area (Å²) in [4.78, 5) is 26.0. The van der Waals surface area contributed by atoms with Crippen molar-refractivity contribution in [2.75, 3.05) is 14.2 Å². The zero-order chi connectivity index (χ0) is 29.3. The Morgan fingerprint density at radius 2 is 1.79 bits per heavy atom. The van der Waals surface area contributed by atoms with Gasteiger partial charge in [0, 0.05) is 38.0 Å². The van der Waals surface area contributed by atoms with E-state index in [1.165, 1.54) is 7.11 Å². The molecule has 8 nitrogen and oxygen atoms in total. The maximum Gasteiger partial charge on any atom is 0.334 e. The molecule has 39 heavy (non-hydrogen) atoms. The van der Waals surface area contributed by atoms with Crippen molar-refractivity contribution < 1.29 is 38.7 Å². The Morgan fingerprint density at radius 1 is 1.10 bits per heavy atom. The summed E-state index contributed by atoms with van der Waals surface area (Å²) in [6, 6.07) is 0. The maximum absolute atomic E-state index is 13.2. The normalized spacial score (nSPS) is 38.2. The van der Waals surface area contributed by atoms with E-state index in [0.29, 0.717) is 24.0 Å². The number of allylic oxidation sites excluding steroid dienone is 4. The van der Waals surface area contributed by atoms with E-state index in [2.05, 4.69) is 0 Å². The summed E-state index contributed by atoms with van der Waals surface area (Å²) in [5.41, 5.74) is 1.62. The third kappa shape index (κ3) is 9.36. The lowest BCUT2D eigenvalue weighted by molar-refractivity contribution is -0.146. The van der Waals surface area contributed by atoms with Crippen LogP contribution < -0.4 is 0 Å². The van der Waals surface area contributed by atoms with Gasteiger partial charge in [-0.2, -0.15) is 0 Å². The van der Waals surface area contributed by atoms with Gasteiger partial charge in [-0.3, -0.25) is 4.79 Å². The lowest BCUT2D eigenvalue weighted by Crippen LogP contribution is -2.33. The Labute approximate surface area is 233 Å². The summed E-state index contributed by atoms with van der Waals surface area (Å²) in [6.45, 7) is 10.5. The second kappa shape index (κ2) is 15.4. The van der Waals surface area contributed by atoms with Gasteiger partial charge >= 0.3 is 5.97 Å². The molecular formula is C31H46O8. The summed E-state index contributed by atoms with van der Waals surface area (Å²) < 4.78 is 23.4. The molecule has 8 heteroatoms. The van der Waals surface area contributed by atoms with Crippen molar-refractivity contribution in [3.63, 3.8) is 0 Å². The van der Waals surface area contributed by atoms with Crippen LogP contribution in [0.2, 0.25) is 0 Å². The van der Waals surface area contributed by atoms with Crippen LogP contribution >= 0.6 is 0 Å². The van der Waals surface area contributed by atoms with Crippen LogP contribution in [0.15, 0.2) is 59.3 Å². The minimum absolute atomic E-state index is 0.109. The molecule has 0 spiro atoms. The van der Waals surface area contributed by atoms with Gasteiger partial charge in [-0.05, 0) is 51.3 Å². The van der Waals surface area contributed by atoms with Gasteiger partial charge in [0.05, 0.1) is 24.4 Å². The molecule has 0 aromatic rings. The fourth-order valence-electron chi connectivity index (χ4n) is 4.76. The number of aliphatic hydroxyl groups excluding tert-OH is 2. The van der Waals surface area contributed by atoms with Gasteiger partial charge in [0.15, 0.2) is 5.78 Å². The summed E-state index contributed by atoms with van der Waals surface area (Å²) >= 11 is 0. The van der Waals surface area contributed by atoms with Crippen LogP contribution in [0.1, 0.15) is 54.4 Å². The van der Waals surface area contributed by atoms with E-state index in [-0.39, 0.29) is 30.0 Å². The third-order valence-electron chi connectivity index (χ3n) is 7.47. The monoisotopic (exact) mass is 546 g/mol. The number of rotatable bonds is 5. The molecule has 2 rings (SSSR count). The van der Waals surface area contributed by atoms with Gasteiger partial charge in [0.1, 0.15) is 18.3 Å². The van der Waals surface area contributed by atoms with Crippen LogP contribution in [0, 0.1) is 11.8 Å². The predicted octanol–water partition coefficient (Wildman–Crippen LogP) is 4.02. The highest BCUT2D eigenvalue weighted by atomic mass is 16.6. The summed E-state index contributed by atoms with van der Waals surface area (Å²) in [6.07, 6.45) is 9.47. The SMILES string of the molecule is CO[C@H]1C[C@H]2O[C@H]1/C=C(/C)[C@H](O)C/C=C/C=C(\C)C(=O)[C@@H](C)/C=C(\C)C(=O)O[C@H](/C=C/[C@@H](OC)[C@H](C)O)[C@@H]2C. The van der Waals surface area contributed by atoms with E-state index in [1.807, 2.05) is 26.0 Å². The van der Waals surface area contributed by atoms with Crippen molar-refractivity contribution in [1.82, 2.24) is 0 Å². The molecule has 2 N–H and O–H groups in total. The first-order valence-electron chi connectivity index (χ1n) is 13.6. The molecule has 1 saturated heterocycles. The summed E-state index contributed by atoms with van der Waals surface area (Å²) in [5.74, 6) is -1.46. The molecule has 0 aromatic carbocycles. The van der Waals surface area contributed by atoms with Crippen LogP contribution in [0.3, 0.4) is 0 Å². The number of cyclic esters (lactones) is 1. The average molecular weight is 547 g/mol. The van der Waals surface area contributed by atoms with Crippen molar-refractivity contribution in [1.29, 1.82) is 0 Å². The predicted molar refractivity (Wildman–Crippen MR) is 150 cm³/mol. The Morgan fingerprint density at radius 3 is 2.41 bits per heavy atom. The van der Waals surface area contributed by atoms with E-state index < -0.39 is 36.3 Å². The van der Waals surface area contributed by atoms with Gasteiger partial charge in [0.2, 0.25) is 0 Å². The molecule has 0 aromatic heterocycles. The lowest BCUT2D eigenvalue weighted by atomic mass is 9.93. The molecule has 0 saturated carbocycles. The van der Waals surface area contributed by atoms with E-state index >= 15 is 0 Å². The highest BCUT2D eigenvalue weighted by Gasteiger charge is 2.40. The average Bonchev–Trinajstić information content (AvgIpc) is 3.31. The number of hydrogen-bond acceptors (Lipinski definition) is 8. The first-order chi connectivity index (χ1) is 18.4. The number of ether oxygens (including phenoxy) is 4. The smallest absolute Gasteiger partial charge is 0.334 e. The topological polar surface area (TPSA) is 112 Å². The second-order valence-electron chi connectivity index (χ2n) is 10.6. The molecular weight excluding hydrogens is 500 g/mol. The molecule has 2 aliphatic heterocycles. The van der Waals surface area contributed by atoms with Crippen LogP contribution in [0.4, 0.5) is 0 Å². The Kier molecular flexibility index (Phi) is 13.0.